The van der Waals surface area contributed by atoms with Gasteiger partial charge in [-0.2, -0.15) is 5.10 Å². The van der Waals surface area contributed by atoms with E-state index >= 15 is 0 Å². The molecule has 1 aliphatic heterocycles. The van der Waals surface area contributed by atoms with Gasteiger partial charge in [-0.15, -0.1) is 5.73 Å². The van der Waals surface area contributed by atoms with E-state index in [1.165, 1.54) is 0 Å². The van der Waals surface area contributed by atoms with E-state index in [0.29, 0.717) is 49.7 Å². The van der Waals surface area contributed by atoms with E-state index in [-0.39, 0.29) is 5.90 Å². The molecule has 2 heterocycles. The normalized spacial score (nSPS) is 19.7. The summed E-state index contributed by atoms with van der Waals surface area (Å²) in [6, 6.07) is 2.07. The van der Waals surface area contributed by atoms with Crippen molar-refractivity contribution in [3.63, 3.8) is 0 Å². The minimum atomic E-state index is -0.306. The van der Waals surface area contributed by atoms with Crippen LogP contribution in [0, 0.1) is 6.92 Å². The first-order valence-electron chi connectivity index (χ1n) is 11.9. The molecule has 1 aromatic rings. The van der Waals surface area contributed by atoms with Crippen molar-refractivity contribution < 1.29 is 9.84 Å². The van der Waals surface area contributed by atoms with E-state index in [4.69, 9.17) is 15.6 Å². The molecule has 4 rings (SSSR count). The molecule has 7 nitrogen and oxygen atoms in total. The van der Waals surface area contributed by atoms with Crippen molar-refractivity contribution >= 4 is 17.3 Å². The quantitative estimate of drug-likeness (QED) is 0.305. The first-order valence-corrected chi connectivity index (χ1v) is 11.9. The van der Waals surface area contributed by atoms with Gasteiger partial charge in [0.15, 0.2) is 0 Å². The number of hydrogen-bond donors (Lipinski definition) is 1. The van der Waals surface area contributed by atoms with Crippen LogP contribution in [0.5, 0.6) is 0 Å². The number of aliphatic imine (C=N–C) groups is 1. The average Bonchev–Trinajstić information content (AvgIpc) is 3.05. The smallest absolute Gasteiger partial charge is 0.133 e. The van der Waals surface area contributed by atoms with Gasteiger partial charge in [-0.3, -0.25) is 4.99 Å². The maximum absolute atomic E-state index is 12.9. The minimum Gasteiger partial charge on any atom is -0.858 e. The molecule has 1 fully saturated rings. The summed E-state index contributed by atoms with van der Waals surface area (Å²) in [5, 5.41) is 17.8. The Kier molecular flexibility index (Phi) is 7.68. The monoisotopic (exact) mass is 458 g/mol. The van der Waals surface area contributed by atoms with Crippen molar-refractivity contribution in [2.24, 2.45) is 10.7 Å². The Morgan fingerprint density at radius 1 is 1.26 bits per heavy atom. The fourth-order valence-electron chi connectivity index (χ4n) is 4.27. The third-order valence-corrected chi connectivity index (χ3v) is 6.15. The molecule has 34 heavy (non-hydrogen) atoms. The zero-order valence-electron chi connectivity index (χ0n) is 19.8. The molecule has 0 unspecified atom stereocenters. The van der Waals surface area contributed by atoms with Crippen LogP contribution in [0.25, 0.3) is 11.4 Å². The summed E-state index contributed by atoms with van der Waals surface area (Å²) in [5.41, 5.74) is 13.5. The summed E-state index contributed by atoms with van der Waals surface area (Å²) in [7, 11) is 0. The Hall–Kier alpha value is -3.54. The average molecular weight is 459 g/mol. The highest BCUT2D eigenvalue weighted by Crippen LogP contribution is 2.25. The largest absolute Gasteiger partial charge is 0.858 e. The second-order valence-corrected chi connectivity index (χ2v) is 8.56. The second kappa shape index (κ2) is 11.1. The van der Waals surface area contributed by atoms with E-state index in [2.05, 4.69) is 58.6 Å². The highest BCUT2D eigenvalue weighted by atomic mass is 16.5. The van der Waals surface area contributed by atoms with Crippen LogP contribution in [0.4, 0.5) is 0 Å². The Morgan fingerprint density at radius 2 is 2.06 bits per heavy atom. The summed E-state index contributed by atoms with van der Waals surface area (Å²) in [6.07, 6.45) is 16.6. The number of hydrogen-bond acceptors (Lipinski definition) is 6. The van der Waals surface area contributed by atoms with Crippen LogP contribution in [0.15, 0.2) is 76.8 Å². The Bertz CT molecular complexity index is 1150. The number of allylic oxidation sites excluding steroid dienone is 8. The summed E-state index contributed by atoms with van der Waals surface area (Å²) in [5.74, 6) is 0.508. The van der Waals surface area contributed by atoms with Gasteiger partial charge < -0.3 is 20.5 Å². The summed E-state index contributed by atoms with van der Waals surface area (Å²) in [4.78, 5) is 6.52. The zero-order chi connectivity index (χ0) is 23.9. The van der Waals surface area contributed by atoms with Gasteiger partial charge in [0.1, 0.15) is 11.5 Å². The topological polar surface area (TPSA) is 91.7 Å². The molecular weight excluding hydrogens is 426 g/mol. The van der Waals surface area contributed by atoms with Crippen molar-refractivity contribution in [3.8, 4) is 0 Å². The molecule has 0 atom stereocenters. The molecule has 0 amide bonds. The first-order chi connectivity index (χ1) is 16.6. The lowest BCUT2D eigenvalue weighted by Crippen LogP contribution is -2.37. The standard InChI is InChI=1S/C27H33N5O2/c1-3-22(29-27(33)23-12-8-9-13-24(23)28)19-26(31-14-16-34-17-15-31)32-20(2)18-25(30-32)21-10-6-4-5-7-11-21/h4,6-7,10-11,18-19H,1,5,8-9,12-17,28H2,2H3,(H,29,33)/p-1/b26-19-. The summed E-state index contributed by atoms with van der Waals surface area (Å²) in [6.45, 7) is 8.47. The molecule has 1 aromatic heterocycles. The van der Waals surface area contributed by atoms with Crippen LogP contribution in [0.3, 0.4) is 0 Å². The highest BCUT2D eigenvalue weighted by molar-refractivity contribution is 5.91. The van der Waals surface area contributed by atoms with E-state index in [9.17, 15) is 5.11 Å². The molecule has 7 heteroatoms. The predicted octanol–water partition coefficient (Wildman–Crippen LogP) is 3.44. The molecule has 1 saturated heterocycles. The van der Waals surface area contributed by atoms with Crippen LogP contribution in [-0.4, -0.2) is 46.9 Å². The molecule has 3 aliphatic rings. The van der Waals surface area contributed by atoms with Crippen molar-refractivity contribution in [3.05, 3.63) is 83.2 Å². The Labute approximate surface area is 201 Å². The number of aryl methyl sites for hydroxylation is 1. The van der Waals surface area contributed by atoms with Crippen LogP contribution < -0.4 is 10.8 Å². The SMILES string of the molecule is C=C=C(/C=C(/N1CCOCC1)n1nc(C2=CC=CCC=C2)cc1C)N=C([O-])C1=C(N)CCCC1. The Balaban J connectivity index is 1.73. The second-order valence-electron chi connectivity index (χ2n) is 8.56. The third kappa shape index (κ3) is 5.50. The molecule has 0 radical (unpaired) electrons. The molecule has 178 valence electrons. The van der Waals surface area contributed by atoms with Crippen molar-refractivity contribution in [2.45, 2.75) is 39.0 Å². The lowest BCUT2D eigenvalue weighted by atomic mass is 9.96. The fraction of sp³-hybridized carbons (Fsp3) is 0.370. The van der Waals surface area contributed by atoms with Crippen molar-refractivity contribution in [1.29, 1.82) is 0 Å². The van der Waals surface area contributed by atoms with Gasteiger partial charge in [0.05, 0.1) is 18.9 Å². The lowest BCUT2D eigenvalue weighted by Gasteiger charge is -2.31. The predicted molar refractivity (Wildman–Crippen MR) is 134 cm³/mol. The highest BCUT2D eigenvalue weighted by Gasteiger charge is 2.20. The lowest BCUT2D eigenvalue weighted by molar-refractivity contribution is -0.213. The van der Waals surface area contributed by atoms with Gasteiger partial charge >= 0.3 is 0 Å². The van der Waals surface area contributed by atoms with Gasteiger partial charge in [0.2, 0.25) is 0 Å². The van der Waals surface area contributed by atoms with Gasteiger partial charge in [0, 0.05) is 36.1 Å². The van der Waals surface area contributed by atoms with Crippen molar-refractivity contribution in [1.82, 2.24) is 14.7 Å². The van der Waals surface area contributed by atoms with Gasteiger partial charge in [-0.05, 0) is 56.6 Å². The van der Waals surface area contributed by atoms with Crippen LogP contribution >= 0.6 is 0 Å². The van der Waals surface area contributed by atoms with E-state index < -0.39 is 0 Å². The van der Waals surface area contributed by atoms with Crippen LogP contribution in [-0.2, 0) is 4.74 Å². The number of aromatic nitrogens is 2. The molecule has 0 saturated carbocycles. The first kappa shape index (κ1) is 23.6. The molecule has 0 bridgehead atoms. The third-order valence-electron chi connectivity index (χ3n) is 6.15. The number of morpholine rings is 1. The molecule has 2 N–H and O–H groups in total. The molecule has 0 spiro atoms. The number of rotatable bonds is 6. The van der Waals surface area contributed by atoms with E-state index in [1.54, 1.807) is 0 Å². The Morgan fingerprint density at radius 3 is 2.82 bits per heavy atom. The van der Waals surface area contributed by atoms with E-state index in [0.717, 1.165) is 48.5 Å². The number of nitrogens with zero attached hydrogens (tertiary/aromatic N) is 4. The fourth-order valence-corrected chi connectivity index (χ4v) is 4.27. The molecule has 2 aliphatic carbocycles. The van der Waals surface area contributed by atoms with Crippen molar-refractivity contribution in [2.75, 3.05) is 26.3 Å². The molecule has 0 aromatic carbocycles. The van der Waals surface area contributed by atoms with Gasteiger partial charge in [0.25, 0.3) is 0 Å². The zero-order valence-corrected chi connectivity index (χ0v) is 19.8. The molecular formula is C27H32N5O2-. The van der Waals surface area contributed by atoms with Gasteiger partial charge in [-0.1, -0.05) is 37.0 Å². The van der Waals surface area contributed by atoms with Crippen LogP contribution in [0.2, 0.25) is 0 Å². The number of ether oxygens (including phenoxy) is 1. The van der Waals surface area contributed by atoms with E-state index in [1.807, 2.05) is 17.7 Å². The maximum Gasteiger partial charge on any atom is 0.133 e. The maximum atomic E-state index is 12.9. The van der Waals surface area contributed by atoms with Gasteiger partial charge in [-0.25, -0.2) is 4.68 Å². The summed E-state index contributed by atoms with van der Waals surface area (Å²) >= 11 is 0. The number of nitrogens with two attached hydrogens (primary N) is 1. The minimum absolute atomic E-state index is 0.306. The van der Waals surface area contributed by atoms with Crippen LogP contribution in [0.1, 0.15) is 43.5 Å². The summed E-state index contributed by atoms with van der Waals surface area (Å²) < 4.78 is 7.46.